The van der Waals surface area contributed by atoms with E-state index in [9.17, 15) is 13.6 Å². The lowest BCUT2D eigenvalue weighted by Crippen LogP contribution is -2.07. The molecule has 3 heteroatoms. The van der Waals surface area contributed by atoms with Crippen molar-refractivity contribution in [1.82, 2.24) is 0 Å². The second-order valence-corrected chi connectivity index (χ2v) is 6.56. The SMILES string of the molecule is CCCCCC1CC=C(CCc2ccc(C=O)c(F)c2F)CC1. The third kappa shape index (κ3) is 4.98. The van der Waals surface area contributed by atoms with E-state index in [0.717, 1.165) is 25.2 Å². The molecule has 1 aromatic carbocycles. The molecule has 1 aliphatic carbocycles. The Hall–Kier alpha value is -1.51. The third-order valence-electron chi connectivity index (χ3n) is 4.86. The predicted molar refractivity (Wildman–Crippen MR) is 89.6 cm³/mol. The van der Waals surface area contributed by atoms with Crippen molar-refractivity contribution in [3.63, 3.8) is 0 Å². The average Bonchev–Trinajstić information content (AvgIpc) is 2.58. The number of rotatable bonds is 8. The number of hydrogen-bond acceptors (Lipinski definition) is 1. The highest BCUT2D eigenvalue weighted by Crippen LogP contribution is 2.30. The van der Waals surface area contributed by atoms with E-state index in [2.05, 4.69) is 13.0 Å². The van der Waals surface area contributed by atoms with Crippen LogP contribution in [-0.2, 0) is 6.42 Å². The van der Waals surface area contributed by atoms with E-state index < -0.39 is 11.6 Å². The zero-order valence-electron chi connectivity index (χ0n) is 13.9. The Morgan fingerprint density at radius 2 is 2.00 bits per heavy atom. The maximum atomic E-state index is 13.9. The van der Waals surface area contributed by atoms with Crippen LogP contribution >= 0.6 is 0 Å². The Morgan fingerprint density at radius 3 is 2.65 bits per heavy atom. The van der Waals surface area contributed by atoms with Crippen LogP contribution in [-0.4, -0.2) is 6.29 Å². The molecule has 1 aliphatic rings. The summed E-state index contributed by atoms with van der Waals surface area (Å²) >= 11 is 0. The number of carbonyl (C=O) groups is 1. The number of aldehydes is 1. The molecule has 1 nitrogen and oxygen atoms in total. The number of carbonyl (C=O) groups excluding carboxylic acids is 1. The normalized spacial score (nSPS) is 17.9. The van der Waals surface area contributed by atoms with Crippen molar-refractivity contribution in [3.8, 4) is 0 Å². The quantitative estimate of drug-likeness (QED) is 0.325. The number of benzene rings is 1. The summed E-state index contributed by atoms with van der Waals surface area (Å²) in [4.78, 5) is 10.6. The van der Waals surface area contributed by atoms with Crippen LogP contribution < -0.4 is 0 Å². The summed E-state index contributed by atoms with van der Waals surface area (Å²) in [6, 6.07) is 2.89. The van der Waals surface area contributed by atoms with Crippen molar-refractivity contribution in [2.24, 2.45) is 5.92 Å². The molecule has 0 saturated heterocycles. The summed E-state index contributed by atoms with van der Waals surface area (Å²) in [6.45, 7) is 2.22. The fourth-order valence-electron chi connectivity index (χ4n) is 3.30. The van der Waals surface area contributed by atoms with E-state index in [4.69, 9.17) is 0 Å². The Morgan fingerprint density at radius 1 is 1.17 bits per heavy atom. The van der Waals surface area contributed by atoms with Gasteiger partial charge < -0.3 is 0 Å². The number of halogens is 2. The molecular formula is C20H26F2O. The van der Waals surface area contributed by atoms with Gasteiger partial charge in [0.2, 0.25) is 0 Å². The Balaban J connectivity index is 1.85. The summed E-state index contributed by atoms with van der Waals surface area (Å²) < 4.78 is 27.5. The average molecular weight is 320 g/mol. The molecule has 0 spiro atoms. The van der Waals surface area contributed by atoms with Crippen LogP contribution in [0.15, 0.2) is 23.8 Å². The van der Waals surface area contributed by atoms with Crippen molar-refractivity contribution >= 4 is 6.29 Å². The van der Waals surface area contributed by atoms with E-state index in [1.165, 1.54) is 49.8 Å². The van der Waals surface area contributed by atoms with Gasteiger partial charge in [-0.25, -0.2) is 8.78 Å². The van der Waals surface area contributed by atoms with E-state index in [-0.39, 0.29) is 5.56 Å². The van der Waals surface area contributed by atoms with Gasteiger partial charge in [0.1, 0.15) is 0 Å². The minimum absolute atomic E-state index is 0.210. The lowest BCUT2D eigenvalue weighted by Gasteiger charge is -2.22. The molecule has 0 aliphatic heterocycles. The van der Waals surface area contributed by atoms with E-state index in [0.29, 0.717) is 18.3 Å². The van der Waals surface area contributed by atoms with Gasteiger partial charge in [0.05, 0.1) is 5.56 Å². The van der Waals surface area contributed by atoms with E-state index in [1.807, 2.05) is 0 Å². The highest BCUT2D eigenvalue weighted by molar-refractivity contribution is 5.75. The third-order valence-corrected chi connectivity index (χ3v) is 4.86. The lowest BCUT2D eigenvalue weighted by molar-refractivity contribution is 0.111. The van der Waals surface area contributed by atoms with Gasteiger partial charge in [0, 0.05) is 0 Å². The van der Waals surface area contributed by atoms with Crippen molar-refractivity contribution in [2.75, 3.05) is 0 Å². The largest absolute Gasteiger partial charge is 0.298 e. The van der Waals surface area contributed by atoms with Crippen LogP contribution in [0.1, 0.15) is 74.2 Å². The number of hydrogen-bond donors (Lipinski definition) is 0. The molecule has 126 valence electrons. The molecule has 0 N–H and O–H groups in total. The molecule has 1 unspecified atom stereocenters. The van der Waals surface area contributed by atoms with Gasteiger partial charge in [-0.05, 0) is 49.7 Å². The van der Waals surface area contributed by atoms with Gasteiger partial charge in [-0.15, -0.1) is 0 Å². The van der Waals surface area contributed by atoms with Crippen LogP contribution in [0.2, 0.25) is 0 Å². The minimum atomic E-state index is -1.02. The van der Waals surface area contributed by atoms with Crippen molar-refractivity contribution in [1.29, 1.82) is 0 Å². The standard InChI is InChI=1S/C20H26F2O/c1-2-3-4-5-15-6-8-16(9-7-15)10-11-17-12-13-18(14-23)20(22)19(17)21/h8,12-15H,2-7,9-11H2,1H3. The van der Waals surface area contributed by atoms with Gasteiger partial charge in [-0.3, -0.25) is 4.79 Å². The Labute approximate surface area is 137 Å². The maximum absolute atomic E-state index is 13.9. The second kappa shape index (κ2) is 8.95. The summed E-state index contributed by atoms with van der Waals surface area (Å²) in [6.07, 6.45) is 12.5. The van der Waals surface area contributed by atoms with E-state index >= 15 is 0 Å². The first kappa shape index (κ1) is 17.8. The zero-order valence-corrected chi connectivity index (χ0v) is 13.9. The molecule has 2 rings (SSSR count). The molecule has 0 bridgehead atoms. The van der Waals surface area contributed by atoms with Gasteiger partial charge >= 0.3 is 0 Å². The monoisotopic (exact) mass is 320 g/mol. The first-order valence-electron chi connectivity index (χ1n) is 8.75. The molecule has 0 heterocycles. The van der Waals surface area contributed by atoms with Gasteiger partial charge in [0.25, 0.3) is 0 Å². The van der Waals surface area contributed by atoms with Crippen LogP contribution in [0.4, 0.5) is 8.78 Å². The fraction of sp³-hybridized carbons (Fsp3) is 0.550. The fourth-order valence-corrected chi connectivity index (χ4v) is 3.30. The number of allylic oxidation sites excluding steroid dienone is 2. The number of unbranched alkanes of at least 4 members (excludes halogenated alkanes) is 2. The van der Waals surface area contributed by atoms with E-state index in [1.54, 1.807) is 0 Å². The lowest BCUT2D eigenvalue weighted by atomic mass is 9.84. The van der Waals surface area contributed by atoms with Crippen LogP contribution in [0, 0.1) is 17.6 Å². The smallest absolute Gasteiger partial charge is 0.169 e. The van der Waals surface area contributed by atoms with Crippen molar-refractivity contribution < 1.29 is 13.6 Å². The molecule has 0 fully saturated rings. The molecule has 0 amide bonds. The Kier molecular flexibility index (Phi) is 6.94. The number of aryl methyl sites for hydroxylation is 1. The van der Waals surface area contributed by atoms with Gasteiger partial charge in [-0.1, -0.05) is 50.3 Å². The van der Waals surface area contributed by atoms with Crippen LogP contribution in [0.3, 0.4) is 0 Å². The molecular weight excluding hydrogens is 294 g/mol. The summed E-state index contributed by atoms with van der Waals surface area (Å²) in [5.74, 6) is -1.10. The first-order chi connectivity index (χ1) is 11.2. The topological polar surface area (TPSA) is 17.1 Å². The summed E-state index contributed by atoms with van der Waals surface area (Å²) in [7, 11) is 0. The maximum Gasteiger partial charge on any atom is 0.169 e. The highest BCUT2D eigenvalue weighted by Gasteiger charge is 2.16. The second-order valence-electron chi connectivity index (χ2n) is 6.56. The molecule has 23 heavy (non-hydrogen) atoms. The van der Waals surface area contributed by atoms with Crippen molar-refractivity contribution in [3.05, 3.63) is 46.5 Å². The van der Waals surface area contributed by atoms with Crippen LogP contribution in [0.25, 0.3) is 0 Å². The van der Waals surface area contributed by atoms with Crippen LogP contribution in [0.5, 0.6) is 0 Å². The molecule has 0 saturated carbocycles. The molecule has 0 radical (unpaired) electrons. The minimum Gasteiger partial charge on any atom is -0.298 e. The molecule has 0 aromatic heterocycles. The predicted octanol–water partition coefficient (Wildman–Crippen LogP) is 6.02. The zero-order chi connectivity index (χ0) is 16.7. The summed E-state index contributed by atoms with van der Waals surface area (Å²) in [5, 5.41) is 0. The molecule has 1 atom stereocenters. The Bertz CT molecular complexity index is 563. The van der Waals surface area contributed by atoms with Gasteiger partial charge in [-0.2, -0.15) is 0 Å². The highest BCUT2D eigenvalue weighted by atomic mass is 19.2. The van der Waals surface area contributed by atoms with Crippen molar-refractivity contribution in [2.45, 2.75) is 64.7 Å². The first-order valence-corrected chi connectivity index (χ1v) is 8.75. The summed E-state index contributed by atoms with van der Waals surface area (Å²) in [5.41, 5.74) is 1.51. The molecule has 1 aromatic rings. The van der Waals surface area contributed by atoms with Gasteiger partial charge in [0.15, 0.2) is 17.9 Å².